The first kappa shape index (κ1) is 15.5. The molecule has 0 bridgehead atoms. The fourth-order valence-corrected chi connectivity index (χ4v) is 4.53. The Morgan fingerprint density at radius 2 is 1.95 bits per heavy atom. The van der Waals surface area contributed by atoms with Crippen LogP contribution in [0.15, 0.2) is 15.7 Å². The van der Waals surface area contributed by atoms with Gasteiger partial charge in [-0.15, -0.1) is 11.3 Å². The number of likely N-dealkylation sites (tertiary alicyclic amines) is 1. The number of carbonyl (C=O) groups is 1. The van der Waals surface area contributed by atoms with Gasteiger partial charge in [0, 0.05) is 25.0 Å². The van der Waals surface area contributed by atoms with Crippen LogP contribution < -0.4 is 4.72 Å². The van der Waals surface area contributed by atoms with E-state index in [0.29, 0.717) is 12.1 Å². The summed E-state index contributed by atoms with van der Waals surface area (Å²) in [6.45, 7) is 3.61. The third kappa shape index (κ3) is 3.59. The van der Waals surface area contributed by atoms with Crippen LogP contribution in [0.1, 0.15) is 43.0 Å². The summed E-state index contributed by atoms with van der Waals surface area (Å²) in [7, 11) is -3.46. The Morgan fingerprint density at radius 1 is 1.30 bits per heavy atom. The zero-order chi connectivity index (χ0) is 14.6. The highest BCUT2D eigenvalue weighted by atomic mass is 32.2. The van der Waals surface area contributed by atoms with Gasteiger partial charge in [0.05, 0.1) is 5.56 Å². The Labute approximate surface area is 124 Å². The molecule has 1 aliphatic heterocycles. The summed E-state index contributed by atoms with van der Waals surface area (Å²) in [6, 6.07) is 1.48. The van der Waals surface area contributed by atoms with Gasteiger partial charge >= 0.3 is 0 Å². The number of nitrogens with one attached hydrogen (secondary N) is 1. The highest BCUT2D eigenvalue weighted by Gasteiger charge is 2.22. The van der Waals surface area contributed by atoms with E-state index >= 15 is 0 Å². The van der Waals surface area contributed by atoms with E-state index in [1.807, 2.05) is 4.90 Å². The Kier molecular flexibility index (Phi) is 5.17. The molecule has 0 aliphatic carbocycles. The van der Waals surface area contributed by atoms with Crippen LogP contribution in [0.3, 0.4) is 0 Å². The van der Waals surface area contributed by atoms with E-state index in [-0.39, 0.29) is 10.1 Å². The molecular formula is C13H20N2O3S2. The number of amides is 1. The molecule has 2 heterocycles. The Balaban J connectivity index is 2.13. The van der Waals surface area contributed by atoms with Crippen molar-refractivity contribution in [1.82, 2.24) is 9.62 Å². The molecular weight excluding hydrogens is 296 g/mol. The van der Waals surface area contributed by atoms with E-state index in [1.54, 1.807) is 12.3 Å². The molecule has 112 valence electrons. The lowest BCUT2D eigenvalue weighted by Crippen LogP contribution is -2.31. The monoisotopic (exact) mass is 316 g/mol. The Hall–Kier alpha value is -0.920. The molecule has 0 saturated carbocycles. The smallest absolute Gasteiger partial charge is 0.254 e. The van der Waals surface area contributed by atoms with Crippen LogP contribution in [-0.2, 0) is 10.0 Å². The van der Waals surface area contributed by atoms with Gasteiger partial charge in [-0.3, -0.25) is 4.79 Å². The van der Waals surface area contributed by atoms with Crippen molar-refractivity contribution in [2.45, 2.75) is 36.8 Å². The van der Waals surface area contributed by atoms with Crippen molar-refractivity contribution in [3.05, 3.63) is 17.0 Å². The predicted molar refractivity (Wildman–Crippen MR) is 79.6 cm³/mol. The van der Waals surface area contributed by atoms with Crippen molar-refractivity contribution < 1.29 is 13.2 Å². The minimum Gasteiger partial charge on any atom is -0.339 e. The van der Waals surface area contributed by atoms with E-state index in [0.717, 1.165) is 50.1 Å². The zero-order valence-corrected chi connectivity index (χ0v) is 13.2. The van der Waals surface area contributed by atoms with Gasteiger partial charge in [-0.25, -0.2) is 13.1 Å². The molecule has 1 amide bonds. The predicted octanol–water partition coefficient (Wildman–Crippen LogP) is 2.06. The standard InChI is InChI=1S/C13H20N2O3S2/c1-2-14-20(17,18)12-9-11(10-19-12)13(16)15-7-5-3-4-6-8-15/h9-10,14H,2-8H2,1H3. The Bertz CT molecular complexity index is 558. The van der Waals surface area contributed by atoms with Crippen LogP contribution in [-0.4, -0.2) is 38.9 Å². The van der Waals surface area contributed by atoms with Crippen LogP contribution in [0.2, 0.25) is 0 Å². The van der Waals surface area contributed by atoms with Crippen molar-refractivity contribution >= 4 is 27.3 Å². The van der Waals surface area contributed by atoms with Gasteiger partial charge in [-0.05, 0) is 18.9 Å². The molecule has 1 aromatic rings. The van der Waals surface area contributed by atoms with E-state index in [4.69, 9.17) is 0 Å². The topological polar surface area (TPSA) is 66.5 Å². The molecule has 1 fully saturated rings. The average molecular weight is 316 g/mol. The normalized spacial score (nSPS) is 16.9. The molecule has 1 aromatic heterocycles. The molecule has 1 saturated heterocycles. The summed E-state index contributed by atoms with van der Waals surface area (Å²) in [4.78, 5) is 14.2. The number of thiophene rings is 1. The second-order valence-electron chi connectivity index (χ2n) is 4.86. The van der Waals surface area contributed by atoms with Crippen LogP contribution >= 0.6 is 11.3 Å². The third-order valence-electron chi connectivity index (χ3n) is 3.31. The number of sulfonamides is 1. The van der Waals surface area contributed by atoms with E-state index in [2.05, 4.69) is 4.72 Å². The van der Waals surface area contributed by atoms with Crippen LogP contribution in [0.4, 0.5) is 0 Å². The van der Waals surface area contributed by atoms with E-state index < -0.39 is 10.0 Å². The zero-order valence-electron chi connectivity index (χ0n) is 11.6. The first-order valence-electron chi connectivity index (χ1n) is 6.92. The van der Waals surface area contributed by atoms with Gasteiger partial charge in [0.1, 0.15) is 4.21 Å². The highest BCUT2D eigenvalue weighted by Crippen LogP contribution is 2.22. The second-order valence-corrected chi connectivity index (χ2v) is 7.77. The fraction of sp³-hybridized carbons (Fsp3) is 0.615. The van der Waals surface area contributed by atoms with Gasteiger partial charge in [0.15, 0.2) is 0 Å². The van der Waals surface area contributed by atoms with Crippen molar-refractivity contribution in [3.8, 4) is 0 Å². The first-order chi connectivity index (χ1) is 9.54. The van der Waals surface area contributed by atoms with Crippen molar-refractivity contribution in [3.63, 3.8) is 0 Å². The largest absolute Gasteiger partial charge is 0.339 e. The van der Waals surface area contributed by atoms with Gasteiger partial charge in [0.2, 0.25) is 10.0 Å². The minimum atomic E-state index is -3.46. The number of rotatable bonds is 4. The molecule has 1 aliphatic rings. The molecule has 0 unspecified atom stereocenters. The maximum absolute atomic E-state index is 12.4. The SMILES string of the molecule is CCNS(=O)(=O)c1cc(C(=O)N2CCCCCC2)cs1. The molecule has 7 heteroatoms. The number of nitrogens with zero attached hydrogens (tertiary/aromatic N) is 1. The summed E-state index contributed by atoms with van der Waals surface area (Å²) in [5.41, 5.74) is 0.480. The Morgan fingerprint density at radius 3 is 2.55 bits per heavy atom. The maximum Gasteiger partial charge on any atom is 0.254 e. The lowest BCUT2D eigenvalue weighted by atomic mass is 10.2. The number of hydrogen-bond donors (Lipinski definition) is 1. The average Bonchev–Trinajstić information content (AvgIpc) is 2.75. The maximum atomic E-state index is 12.4. The van der Waals surface area contributed by atoms with E-state index in [9.17, 15) is 13.2 Å². The van der Waals surface area contributed by atoms with Crippen LogP contribution in [0, 0.1) is 0 Å². The number of hydrogen-bond acceptors (Lipinski definition) is 4. The summed E-state index contributed by atoms with van der Waals surface area (Å²) in [5.74, 6) is -0.0545. The molecule has 0 radical (unpaired) electrons. The molecule has 5 nitrogen and oxygen atoms in total. The van der Waals surface area contributed by atoms with E-state index in [1.165, 1.54) is 6.07 Å². The van der Waals surface area contributed by atoms with Crippen LogP contribution in [0.25, 0.3) is 0 Å². The molecule has 1 N–H and O–H groups in total. The summed E-state index contributed by atoms with van der Waals surface area (Å²) < 4.78 is 26.4. The first-order valence-corrected chi connectivity index (χ1v) is 9.28. The lowest BCUT2D eigenvalue weighted by Gasteiger charge is -2.19. The molecule has 20 heavy (non-hydrogen) atoms. The van der Waals surface area contributed by atoms with Gasteiger partial charge in [-0.1, -0.05) is 19.8 Å². The number of carbonyl (C=O) groups excluding carboxylic acids is 1. The van der Waals surface area contributed by atoms with Crippen molar-refractivity contribution in [2.75, 3.05) is 19.6 Å². The minimum absolute atomic E-state index is 0.0545. The van der Waals surface area contributed by atoms with Gasteiger partial charge < -0.3 is 4.90 Å². The van der Waals surface area contributed by atoms with Gasteiger partial charge in [0.25, 0.3) is 5.91 Å². The van der Waals surface area contributed by atoms with Gasteiger partial charge in [-0.2, -0.15) is 0 Å². The summed E-state index contributed by atoms with van der Waals surface area (Å²) >= 11 is 1.10. The molecule has 2 rings (SSSR count). The fourth-order valence-electron chi connectivity index (χ4n) is 2.29. The van der Waals surface area contributed by atoms with Crippen molar-refractivity contribution in [1.29, 1.82) is 0 Å². The quantitative estimate of drug-likeness (QED) is 0.924. The second kappa shape index (κ2) is 6.69. The summed E-state index contributed by atoms with van der Waals surface area (Å²) in [5, 5.41) is 1.64. The molecule has 0 aromatic carbocycles. The molecule has 0 spiro atoms. The molecule has 0 atom stereocenters. The lowest BCUT2D eigenvalue weighted by molar-refractivity contribution is 0.0762. The van der Waals surface area contributed by atoms with Crippen molar-refractivity contribution in [2.24, 2.45) is 0 Å². The third-order valence-corrected chi connectivity index (χ3v) is 6.30. The van der Waals surface area contributed by atoms with Crippen LogP contribution in [0.5, 0.6) is 0 Å². The summed E-state index contributed by atoms with van der Waals surface area (Å²) in [6.07, 6.45) is 4.37. The highest BCUT2D eigenvalue weighted by molar-refractivity contribution is 7.91.